The summed E-state index contributed by atoms with van der Waals surface area (Å²) in [6, 6.07) is 2.13. The Morgan fingerprint density at radius 1 is 1.53 bits per heavy atom. The molecule has 0 bridgehead atoms. The summed E-state index contributed by atoms with van der Waals surface area (Å²) in [4.78, 5) is 12.5. The van der Waals surface area contributed by atoms with Crippen LogP contribution in [0.1, 0.15) is 50.0 Å². The van der Waals surface area contributed by atoms with E-state index >= 15 is 0 Å². The van der Waals surface area contributed by atoms with Gasteiger partial charge in [0.15, 0.2) is 0 Å². The van der Waals surface area contributed by atoms with Gasteiger partial charge in [-0.05, 0) is 45.2 Å². The molecule has 0 radical (unpaired) electrons. The highest BCUT2D eigenvalue weighted by Gasteiger charge is 2.36. The minimum absolute atomic E-state index is 0.133. The Morgan fingerprint density at radius 2 is 2.42 bits per heavy atom. The standard InChI is InChI=1S/C15H22N2O2/c1-15(7-3-8-16-10-15)14(18)17-12-4-2-5-13-11(12)6-9-19-13/h6,9,12,16H,2-5,7-8,10H2,1H3,(H,17,18). The molecule has 1 aromatic heterocycles. The zero-order chi connectivity index (χ0) is 13.3. The van der Waals surface area contributed by atoms with E-state index in [0.29, 0.717) is 0 Å². The van der Waals surface area contributed by atoms with Crippen molar-refractivity contribution in [3.8, 4) is 0 Å². The van der Waals surface area contributed by atoms with Crippen molar-refractivity contribution in [2.24, 2.45) is 5.41 Å². The Bertz CT molecular complexity index is 460. The smallest absolute Gasteiger partial charge is 0.227 e. The molecule has 1 aliphatic carbocycles. The van der Waals surface area contributed by atoms with Crippen LogP contribution < -0.4 is 10.6 Å². The van der Waals surface area contributed by atoms with Crippen LogP contribution in [0.2, 0.25) is 0 Å². The fraction of sp³-hybridized carbons (Fsp3) is 0.667. The minimum atomic E-state index is -0.264. The van der Waals surface area contributed by atoms with Gasteiger partial charge in [-0.3, -0.25) is 4.79 Å². The summed E-state index contributed by atoms with van der Waals surface area (Å²) in [6.07, 6.45) is 6.87. The molecule has 4 nitrogen and oxygen atoms in total. The summed E-state index contributed by atoms with van der Waals surface area (Å²) in [5.74, 6) is 1.22. The Balaban J connectivity index is 1.71. The third-order valence-electron chi connectivity index (χ3n) is 4.50. The first-order chi connectivity index (χ1) is 9.19. The SMILES string of the molecule is CC1(C(=O)NC2CCCc3occc32)CCCNC1. The molecule has 0 aromatic carbocycles. The second-order valence-electron chi connectivity index (χ2n) is 6.06. The Labute approximate surface area is 113 Å². The van der Waals surface area contributed by atoms with Crippen molar-refractivity contribution in [2.75, 3.05) is 13.1 Å². The lowest BCUT2D eigenvalue weighted by Crippen LogP contribution is -2.49. The molecule has 1 aliphatic heterocycles. The predicted molar refractivity (Wildman–Crippen MR) is 72.7 cm³/mol. The van der Waals surface area contributed by atoms with Gasteiger partial charge >= 0.3 is 0 Å². The summed E-state index contributed by atoms with van der Waals surface area (Å²) in [6.45, 7) is 3.87. The average Bonchev–Trinajstić information content (AvgIpc) is 2.89. The number of aryl methyl sites for hydroxylation is 1. The maximum absolute atomic E-state index is 12.5. The third kappa shape index (κ3) is 2.41. The lowest BCUT2D eigenvalue weighted by molar-refractivity contribution is -0.132. The number of carbonyl (C=O) groups is 1. The predicted octanol–water partition coefficient (Wildman–Crippen LogP) is 2.16. The van der Waals surface area contributed by atoms with E-state index in [1.54, 1.807) is 6.26 Å². The number of nitrogens with one attached hydrogen (secondary N) is 2. The fourth-order valence-corrected chi connectivity index (χ4v) is 3.22. The second kappa shape index (κ2) is 5.00. The van der Waals surface area contributed by atoms with Crippen LogP contribution in [0.25, 0.3) is 0 Å². The fourth-order valence-electron chi connectivity index (χ4n) is 3.22. The molecule has 1 aromatic rings. The maximum Gasteiger partial charge on any atom is 0.227 e. The summed E-state index contributed by atoms with van der Waals surface area (Å²) in [5.41, 5.74) is 0.909. The monoisotopic (exact) mass is 262 g/mol. The van der Waals surface area contributed by atoms with Gasteiger partial charge in [0, 0.05) is 18.5 Å². The highest BCUT2D eigenvalue weighted by atomic mass is 16.3. The molecule has 104 valence electrons. The van der Waals surface area contributed by atoms with E-state index in [4.69, 9.17) is 4.42 Å². The molecule has 2 N–H and O–H groups in total. The molecule has 2 atom stereocenters. The summed E-state index contributed by atoms with van der Waals surface area (Å²) < 4.78 is 5.47. The van der Waals surface area contributed by atoms with Crippen LogP contribution >= 0.6 is 0 Å². The van der Waals surface area contributed by atoms with Crippen LogP contribution in [0.5, 0.6) is 0 Å². The van der Waals surface area contributed by atoms with Gasteiger partial charge < -0.3 is 15.1 Å². The molecule has 1 amide bonds. The number of piperidine rings is 1. The third-order valence-corrected chi connectivity index (χ3v) is 4.50. The molecule has 1 fully saturated rings. The number of rotatable bonds is 2. The highest BCUT2D eigenvalue weighted by Crippen LogP contribution is 2.32. The van der Waals surface area contributed by atoms with Gasteiger partial charge in [-0.2, -0.15) is 0 Å². The molecule has 0 spiro atoms. The highest BCUT2D eigenvalue weighted by molar-refractivity contribution is 5.83. The van der Waals surface area contributed by atoms with Crippen molar-refractivity contribution < 1.29 is 9.21 Å². The van der Waals surface area contributed by atoms with Crippen LogP contribution in [0, 0.1) is 5.41 Å². The van der Waals surface area contributed by atoms with Crippen LogP contribution in [-0.2, 0) is 11.2 Å². The van der Waals surface area contributed by atoms with Crippen LogP contribution in [-0.4, -0.2) is 19.0 Å². The number of amides is 1. The zero-order valence-corrected chi connectivity index (χ0v) is 11.5. The van der Waals surface area contributed by atoms with Crippen LogP contribution in [0.15, 0.2) is 16.7 Å². The minimum Gasteiger partial charge on any atom is -0.469 e. The van der Waals surface area contributed by atoms with Crippen molar-refractivity contribution in [1.29, 1.82) is 0 Å². The molecule has 3 rings (SSSR count). The van der Waals surface area contributed by atoms with Crippen molar-refractivity contribution in [3.05, 3.63) is 23.7 Å². The number of hydrogen-bond donors (Lipinski definition) is 2. The first-order valence-corrected chi connectivity index (χ1v) is 7.27. The van der Waals surface area contributed by atoms with Crippen molar-refractivity contribution in [1.82, 2.24) is 10.6 Å². The van der Waals surface area contributed by atoms with Crippen molar-refractivity contribution in [3.63, 3.8) is 0 Å². The largest absolute Gasteiger partial charge is 0.469 e. The molecule has 0 saturated carbocycles. The van der Waals surface area contributed by atoms with E-state index in [0.717, 1.165) is 51.0 Å². The van der Waals surface area contributed by atoms with Crippen LogP contribution in [0.3, 0.4) is 0 Å². The van der Waals surface area contributed by atoms with E-state index in [1.165, 1.54) is 5.56 Å². The maximum atomic E-state index is 12.5. The molecule has 19 heavy (non-hydrogen) atoms. The number of fused-ring (bicyclic) bond motifs is 1. The molecule has 4 heteroatoms. The first-order valence-electron chi connectivity index (χ1n) is 7.27. The van der Waals surface area contributed by atoms with Crippen LogP contribution in [0.4, 0.5) is 0 Å². The summed E-state index contributed by atoms with van der Waals surface area (Å²) >= 11 is 0. The number of hydrogen-bond acceptors (Lipinski definition) is 3. The van der Waals surface area contributed by atoms with E-state index in [-0.39, 0.29) is 17.4 Å². The Kier molecular flexibility index (Phi) is 3.35. The molecular weight excluding hydrogens is 240 g/mol. The van der Waals surface area contributed by atoms with Crippen molar-refractivity contribution in [2.45, 2.75) is 45.1 Å². The Morgan fingerprint density at radius 3 is 3.21 bits per heavy atom. The van der Waals surface area contributed by atoms with Gasteiger partial charge in [0.1, 0.15) is 5.76 Å². The van der Waals surface area contributed by atoms with Gasteiger partial charge in [-0.15, -0.1) is 0 Å². The quantitative estimate of drug-likeness (QED) is 0.858. The lowest BCUT2D eigenvalue weighted by Gasteiger charge is -2.35. The molecule has 1 saturated heterocycles. The number of furan rings is 1. The van der Waals surface area contributed by atoms with Gasteiger partial charge in [-0.25, -0.2) is 0 Å². The molecular formula is C15H22N2O2. The van der Waals surface area contributed by atoms with E-state index in [9.17, 15) is 4.79 Å². The average molecular weight is 262 g/mol. The lowest BCUT2D eigenvalue weighted by atomic mass is 9.81. The topological polar surface area (TPSA) is 54.3 Å². The molecule has 2 aliphatic rings. The molecule has 2 heterocycles. The van der Waals surface area contributed by atoms with E-state index in [2.05, 4.69) is 17.6 Å². The van der Waals surface area contributed by atoms with Gasteiger partial charge in [-0.1, -0.05) is 0 Å². The van der Waals surface area contributed by atoms with Crippen molar-refractivity contribution >= 4 is 5.91 Å². The summed E-state index contributed by atoms with van der Waals surface area (Å²) in [7, 11) is 0. The number of carbonyl (C=O) groups excluding carboxylic acids is 1. The zero-order valence-electron chi connectivity index (χ0n) is 11.5. The first kappa shape index (κ1) is 12.7. The second-order valence-corrected chi connectivity index (χ2v) is 6.06. The van der Waals surface area contributed by atoms with Gasteiger partial charge in [0.2, 0.25) is 5.91 Å². The normalized spacial score (nSPS) is 30.7. The van der Waals surface area contributed by atoms with E-state index in [1.807, 2.05) is 6.07 Å². The van der Waals surface area contributed by atoms with Gasteiger partial charge in [0.05, 0.1) is 17.7 Å². The van der Waals surface area contributed by atoms with E-state index < -0.39 is 0 Å². The Hall–Kier alpha value is -1.29. The van der Waals surface area contributed by atoms with Gasteiger partial charge in [0.25, 0.3) is 0 Å². The molecule has 2 unspecified atom stereocenters. The summed E-state index contributed by atoms with van der Waals surface area (Å²) in [5, 5.41) is 6.56.